The maximum Gasteiger partial charge on any atom is 0.302 e. The van der Waals surface area contributed by atoms with Gasteiger partial charge in [-0.3, -0.25) is 9.59 Å². The molecule has 0 amide bonds. The van der Waals surface area contributed by atoms with Crippen molar-refractivity contribution in [3.05, 3.63) is 113 Å². The lowest BCUT2D eigenvalue weighted by atomic mass is 9.82. The van der Waals surface area contributed by atoms with E-state index in [1.54, 1.807) is 0 Å². The first-order valence-corrected chi connectivity index (χ1v) is 13.7. The molecule has 0 fully saturated rings. The van der Waals surface area contributed by atoms with Crippen LogP contribution in [0.25, 0.3) is 11.1 Å². The molecular formula is C35H35NO4. The SMILES string of the molecule is CC(=O)OCCc1ccc(N(c2ccc(CCOC(C)=O)cc2)c2ccc3c(c2)C(C)(C)c2ccccc2-3)cc1. The normalized spacial score (nSPS) is 12.8. The number of ether oxygens (including phenoxy) is 2. The largest absolute Gasteiger partial charge is 0.466 e. The van der Waals surface area contributed by atoms with Gasteiger partial charge in [0.15, 0.2) is 0 Å². The van der Waals surface area contributed by atoms with Crippen LogP contribution in [0.2, 0.25) is 0 Å². The van der Waals surface area contributed by atoms with Crippen LogP contribution in [0.5, 0.6) is 0 Å². The minimum atomic E-state index is -0.263. The summed E-state index contributed by atoms with van der Waals surface area (Å²) in [7, 11) is 0. The fourth-order valence-corrected chi connectivity index (χ4v) is 5.53. The van der Waals surface area contributed by atoms with Gasteiger partial charge in [0.2, 0.25) is 0 Å². The highest BCUT2D eigenvalue weighted by Gasteiger charge is 2.35. The monoisotopic (exact) mass is 533 g/mol. The summed E-state index contributed by atoms with van der Waals surface area (Å²) in [6.45, 7) is 8.18. The molecule has 0 saturated carbocycles. The number of fused-ring (bicyclic) bond motifs is 3. The zero-order chi connectivity index (χ0) is 28.3. The molecule has 0 aromatic heterocycles. The number of anilines is 3. The van der Waals surface area contributed by atoms with Gasteiger partial charge in [-0.25, -0.2) is 0 Å². The van der Waals surface area contributed by atoms with E-state index in [0.717, 1.165) is 28.2 Å². The van der Waals surface area contributed by atoms with Gasteiger partial charge in [0.1, 0.15) is 0 Å². The third-order valence-corrected chi connectivity index (χ3v) is 7.61. The van der Waals surface area contributed by atoms with Crippen LogP contribution < -0.4 is 4.90 Å². The zero-order valence-electron chi connectivity index (χ0n) is 23.6. The number of esters is 2. The number of rotatable bonds is 9. The number of hydrogen-bond acceptors (Lipinski definition) is 5. The van der Waals surface area contributed by atoms with Crippen LogP contribution in [0.4, 0.5) is 17.1 Å². The number of nitrogens with zero attached hydrogens (tertiary/aromatic N) is 1. The van der Waals surface area contributed by atoms with Crippen molar-refractivity contribution in [2.24, 2.45) is 0 Å². The molecule has 40 heavy (non-hydrogen) atoms. The molecule has 5 heteroatoms. The van der Waals surface area contributed by atoms with E-state index in [2.05, 4.69) is 110 Å². The van der Waals surface area contributed by atoms with Gasteiger partial charge in [-0.1, -0.05) is 68.4 Å². The molecule has 0 saturated heterocycles. The molecule has 0 spiro atoms. The van der Waals surface area contributed by atoms with Crippen molar-refractivity contribution in [3.63, 3.8) is 0 Å². The fraction of sp³-hybridized carbons (Fsp3) is 0.257. The molecule has 1 aliphatic rings. The summed E-state index contributed by atoms with van der Waals surface area (Å²) >= 11 is 0. The second-order valence-electron chi connectivity index (χ2n) is 10.7. The lowest BCUT2D eigenvalue weighted by Crippen LogP contribution is -2.16. The summed E-state index contributed by atoms with van der Waals surface area (Å²) < 4.78 is 10.3. The van der Waals surface area contributed by atoms with Crippen LogP contribution >= 0.6 is 0 Å². The first-order valence-electron chi connectivity index (χ1n) is 13.7. The summed E-state index contributed by atoms with van der Waals surface area (Å²) in [4.78, 5) is 24.6. The Morgan fingerprint density at radius 1 is 0.625 bits per heavy atom. The minimum Gasteiger partial charge on any atom is -0.466 e. The highest BCUT2D eigenvalue weighted by Crippen LogP contribution is 2.50. The number of carbonyl (C=O) groups is 2. The number of hydrogen-bond donors (Lipinski definition) is 0. The van der Waals surface area contributed by atoms with Crippen molar-refractivity contribution >= 4 is 29.0 Å². The van der Waals surface area contributed by atoms with Crippen LogP contribution in [0.3, 0.4) is 0 Å². The number of benzene rings is 4. The maximum atomic E-state index is 11.2. The van der Waals surface area contributed by atoms with Gasteiger partial charge in [-0.15, -0.1) is 0 Å². The molecule has 0 unspecified atom stereocenters. The first-order chi connectivity index (χ1) is 19.2. The van der Waals surface area contributed by atoms with Crippen molar-refractivity contribution in [2.75, 3.05) is 18.1 Å². The summed E-state index contributed by atoms with van der Waals surface area (Å²) in [5.74, 6) is -0.526. The van der Waals surface area contributed by atoms with Crippen molar-refractivity contribution in [1.29, 1.82) is 0 Å². The molecule has 0 radical (unpaired) electrons. The average molecular weight is 534 g/mol. The molecule has 4 aromatic rings. The fourth-order valence-electron chi connectivity index (χ4n) is 5.53. The molecule has 0 aliphatic heterocycles. The average Bonchev–Trinajstić information content (AvgIpc) is 3.17. The summed E-state index contributed by atoms with van der Waals surface area (Å²) in [5.41, 5.74) is 10.5. The van der Waals surface area contributed by atoms with Gasteiger partial charge in [-0.2, -0.15) is 0 Å². The van der Waals surface area contributed by atoms with Crippen LogP contribution in [-0.4, -0.2) is 25.2 Å². The molecule has 5 rings (SSSR count). The van der Waals surface area contributed by atoms with Crippen LogP contribution in [-0.2, 0) is 37.3 Å². The molecular weight excluding hydrogens is 498 g/mol. The van der Waals surface area contributed by atoms with E-state index >= 15 is 0 Å². The molecule has 0 N–H and O–H groups in total. The van der Waals surface area contributed by atoms with Gasteiger partial charge in [0.05, 0.1) is 13.2 Å². The van der Waals surface area contributed by atoms with Crippen molar-refractivity contribution in [2.45, 2.75) is 46.0 Å². The van der Waals surface area contributed by atoms with E-state index in [1.165, 1.54) is 36.1 Å². The predicted octanol–water partition coefficient (Wildman–Crippen LogP) is 7.67. The van der Waals surface area contributed by atoms with E-state index in [0.29, 0.717) is 26.1 Å². The second-order valence-corrected chi connectivity index (χ2v) is 10.7. The number of carbonyl (C=O) groups excluding carboxylic acids is 2. The second kappa shape index (κ2) is 11.4. The summed E-state index contributed by atoms with van der Waals surface area (Å²) in [5, 5.41) is 0. The van der Waals surface area contributed by atoms with E-state index in [4.69, 9.17) is 9.47 Å². The molecule has 0 heterocycles. The Morgan fingerprint density at radius 3 is 1.62 bits per heavy atom. The van der Waals surface area contributed by atoms with Gasteiger partial charge >= 0.3 is 11.9 Å². The van der Waals surface area contributed by atoms with Crippen LogP contribution in [0, 0.1) is 0 Å². The highest BCUT2D eigenvalue weighted by atomic mass is 16.5. The quantitative estimate of drug-likeness (QED) is 0.207. The topological polar surface area (TPSA) is 55.8 Å². The standard InChI is InChI=1S/C35H35NO4/c1-24(37)39-21-19-26-9-13-28(14-10-26)36(29-15-11-27(12-16-29)20-22-40-25(2)38)30-17-18-32-31-7-5-6-8-33(31)35(3,4)34(32)23-30/h5-18,23H,19-22H2,1-4H3. The predicted molar refractivity (Wildman–Crippen MR) is 159 cm³/mol. The lowest BCUT2D eigenvalue weighted by Gasteiger charge is -2.28. The van der Waals surface area contributed by atoms with E-state index in [1.807, 2.05) is 0 Å². The van der Waals surface area contributed by atoms with Crippen LogP contribution in [0.1, 0.15) is 49.9 Å². The Bertz CT molecular complexity index is 1460. The highest BCUT2D eigenvalue weighted by molar-refractivity contribution is 5.85. The third kappa shape index (κ3) is 5.64. The van der Waals surface area contributed by atoms with Crippen molar-refractivity contribution in [3.8, 4) is 11.1 Å². The lowest BCUT2D eigenvalue weighted by molar-refractivity contribution is -0.141. The van der Waals surface area contributed by atoms with Crippen LogP contribution in [0.15, 0.2) is 91.0 Å². The van der Waals surface area contributed by atoms with E-state index < -0.39 is 0 Å². The molecule has 1 aliphatic carbocycles. The maximum absolute atomic E-state index is 11.2. The Morgan fingerprint density at radius 2 is 1.10 bits per heavy atom. The van der Waals surface area contributed by atoms with Gasteiger partial charge in [0.25, 0.3) is 0 Å². The summed E-state index contributed by atoms with van der Waals surface area (Å²) in [6.07, 6.45) is 1.34. The molecule has 204 valence electrons. The van der Waals surface area contributed by atoms with Gasteiger partial charge in [-0.05, 0) is 69.8 Å². The molecule has 0 bridgehead atoms. The smallest absolute Gasteiger partial charge is 0.302 e. The van der Waals surface area contributed by atoms with E-state index in [9.17, 15) is 9.59 Å². The Balaban J connectivity index is 1.50. The Hall–Kier alpha value is -4.38. The first kappa shape index (κ1) is 27.2. The third-order valence-electron chi connectivity index (χ3n) is 7.61. The van der Waals surface area contributed by atoms with Crippen molar-refractivity contribution in [1.82, 2.24) is 0 Å². The zero-order valence-corrected chi connectivity index (χ0v) is 23.6. The van der Waals surface area contributed by atoms with Crippen molar-refractivity contribution < 1.29 is 19.1 Å². The Labute approximate surface area is 236 Å². The summed E-state index contributed by atoms with van der Waals surface area (Å²) in [6, 6.07) is 32.2. The Kier molecular flexibility index (Phi) is 7.74. The van der Waals surface area contributed by atoms with E-state index in [-0.39, 0.29) is 17.4 Å². The van der Waals surface area contributed by atoms with Gasteiger partial charge in [0, 0.05) is 49.2 Å². The molecule has 4 aromatic carbocycles. The molecule has 0 atom stereocenters. The molecule has 5 nitrogen and oxygen atoms in total. The minimum absolute atomic E-state index is 0.102. The van der Waals surface area contributed by atoms with Gasteiger partial charge < -0.3 is 14.4 Å².